The van der Waals surface area contributed by atoms with Crippen molar-refractivity contribution >= 4 is 15.7 Å². The number of nitrogens with zero attached hydrogens (tertiary/aromatic N) is 1. The molecule has 0 aliphatic rings. The van der Waals surface area contributed by atoms with E-state index in [9.17, 15) is 8.42 Å². The van der Waals surface area contributed by atoms with Gasteiger partial charge >= 0.3 is 0 Å². The number of anilines is 1. The van der Waals surface area contributed by atoms with Crippen molar-refractivity contribution < 1.29 is 8.42 Å². The standard InChI is InChI=1S/C16H19NO2S/c1-3-17(16-12-8-7-9-14(16)2)20(18,19)13-15-10-5-4-6-11-15/h4-12H,3,13H2,1-2H3. The number of hydrogen-bond donors (Lipinski definition) is 0. The molecule has 0 N–H and O–H groups in total. The van der Waals surface area contributed by atoms with Crippen molar-refractivity contribution in [2.24, 2.45) is 0 Å². The molecule has 0 saturated heterocycles. The number of rotatable bonds is 5. The van der Waals surface area contributed by atoms with Gasteiger partial charge in [-0.25, -0.2) is 8.42 Å². The average Bonchev–Trinajstić information content (AvgIpc) is 2.42. The van der Waals surface area contributed by atoms with Crippen LogP contribution in [-0.4, -0.2) is 15.0 Å². The van der Waals surface area contributed by atoms with E-state index in [1.54, 1.807) is 0 Å². The van der Waals surface area contributed by atoms with E-state index >= 15 is 0 Å². The zero-order valence-electron chi connectivity index (χ0n) is 11.8. The van der Waals surface area contributed by atoms with Crippen LogP contribution in [0.2, 0.25) is 0 Å². The highest BCUT2D eigenvalue weighted by atomic mass is 32.2. The molecule has 106 valence electrons. The van der Waals surface area contributed by atoms with E-state index < -0.39 is 10.0 Å². The SMILES string of the molecule is CCN(c1ccccc1C)S(=O)(=O)Cc1ccccc1. The number of sulfonamides is 1. The van der Waals surface area contributed by atoms with Crippen LogP contribution in [0.25, 0.3) is 0 Å². The molecule has 2 aromatic rings. The summed E-state index contributed by atoms with van der Waals surface area (Å²) in [6.07, 6.45) is 0. The Morgan fingerprint density at radius 2 is 1.55 bits per heavy atom. The summed E-state index contributed by atoms with van der Waals surface area (Å²) in [5.74, 6) is 0.0238. The molecule has 20 heavy (non-hydrogen) atoms. The van der Waals surface area contributed by atoms with Crippen molar-refractivity contribution in [3.63, 3.8) is 0 Å². The maximum absolute atomic E-state index is 12.6. The third-order valence-electron chi connectivity index (χ3n) is 3.20. The second-order valence-electron chi connectivity index (χ2n) is 4.69. The lowest BCUT2D eigenvalue weighted by Gasteiger charge is -2.24. The summed E-state index contributed by atoms with van der Waals surface area (Å²) >= 11 is 0. The lowest BCUT2D eigenvalue weighted by molar-refractivity contribution is 0.591. The van der Waals surface area contributed by atoms with Crippen molar-refractivity contribution in [1.82, 2.24) is 0 Å². The van der Waals surface area contributed by atoms with Crippen LogP contribution in [0.3, 0.4) is 0 Å². The quantitative estimate of drug-likeness (QED) is 0.846. The van der Waals surface area contributed by atoms with E-state index in [4.69, 9.17) is 0 Å². The van der Waals surface area contributed by atoms with Crippen LogP contribution in [0.4, 0.5) is 5.69 Å². The van der Waals surface area contributed by atoms with Crippen molar-refractivity contribution in [3.05, 3.63) is 65.7 Å². The molecule has 2 rings (SSSR count). The van der Waals surface area contributed by atoms with Gasteiger partial charge in [0.15, 0.2) is 0 Å². The summed E-state index contributed by atoms with van der Waals surface area (Å²) in [6, 6.07) is 16.8. The zero-order chi connectivity index (χ0) is 14.6. The van der Waals surface area contributed by atoms with Crippen LogP contribution < -0.4 is 4.31 Å². The van der Waals surface area contributed by atoms with Crippen molar-refractivity contribution in [3.8, 4) is 0 Å². The third kappa shape index (κ3) is 3.20. The molecule has 0 spiro atoms. The van der Waals surface area contributed by atoms with Crippen LogP contribution in [0.15, 0.2) is 54.6 Å². The summed E-state index contributed by atoms with van der Waals surface area (Å²) in [6.45, 7) is 4.21. The minimum absolute atomic E-state index is 0.0238. The first-order valence-corrected chi connectivity index (χ1v) is 8.25. The van der Waals surface area contributed by atoms with Crippen LogP contribution in [0.1, 0.15) is 18.1 Å². The smallest absolute Gasteiger partial charge is 0.239 e. The summed E-state index contributed by atoms with van der Waals surface area (Å²) in [5, 5.41) is 0. The molecule has 2 aromatic carbocycles. The highest BCUT2D eigenvalue weighted by molar-refractivity contribution is 7.92. The summed E-state index contributed by atoms with van der Waals surface area (Å²) in [5.41, 5.74) is 2.52. The van der Waals surface area contributed by atoms with Crippen molar-refractivity contribution in [2.75, 3.05) is 10.8 Å². The molecule has 0 unspecified atom stereocenters. The van der Waals surface area contributed by atoms with Gasteiger partial charge in [-0.2, -0.15) is 0 Å². The van der Waals surface area contributed by atoms with Gasteiger partial charge < -0.3 is 0 Å². The Morgan fingerprint density at radius 3 is 2.15 bits per heavy atom. The van der Waals surface area contributed by atoms with Crippen LogP contribution in [-0.2, 0) is 15.8 Å². The first-order valence-electron chi connectivity index (χ1n) is 6.64. The van der Waals surface area contributed by atoms with E-state index in [0.29, 0.717) is 6.54 Å². The molecule has 0 amide bonds. The Morgan fingerprint density at radius 1 is 0.950 bits per heavy atom. The third-order valence-corrected chi connectivity index (χ3v) is 5.02. The van der Waals surface area contributed by atoms with Gasteiger partial charge in [0, 0.05) is 6.54 Å². The van der Waals surface area contributed by atoms with E-state index in [1.165, 1.54) is 4.31 Å². The number of benzene rings is 2. The minimum atomic E-state index is -3.37. The topological polar surface area (TPSA) is 37.4 Å². The highest BCUT2D eigenvalue weighted by Gasteiger charge is 2.22. The van der Waals surface area contributed by atoms with Crippen molar-refractivity contribution in [1.29, 1.82) is 0 Å². The van der Waals surface area contributed by atoms with Gasteiger partial charge in [0.2, 0.25) is 10.0 Å². The van der Waals surface area contributed by atoms with Crippen LogP contribution in [0, 0.1) is 6.92 Å². The number of para-hydroxylation sites is 1. The second-order valence-corrected chi connectivity index (χ2v) is 6.59. The molecule has 0 fully saturated rings. The Kier molecular flexibility index (Phi) is 4.45. The Bertz CT molecular complexity index is 666. The molecule has 0 bridgehead atoms. The molecule has 0 saturated carbocycles. The van der Waals surface area contributed by atoms with E-state index in [-0.39, 0.29) is 5.75 Å². The first-order chi connectivity index (χ1) is 9.54. The molecule has 0 radical (unpaired) electrons. The molecular formula is C16H19NO2S. The fourth-order valence-corrected chi connectivity index (χ4v) is 3.89. The van der Waals surface area contributed by atoms with Gasteiger partial charge in [0.05, 0.1) is 11.4 Å². The number of aryl methyl sites for hydroxylation is 1. The van der Waals surface area contributed by atoms with E-state index in [1.807, 2.05) is 68.4 Å². The number of hydrogen-bond acceptors (Lipinski definition) is 2. The van der Waals surface area contributed by atoms with Crippen LogP contribution >= 0.6 is 0 Å². The average molecular weight is 289 g/mol. The molecule has 3 nitrogen and oxygen atoms in total. The van der Waals surface area contributed by atoms with Gasteiger partial charge in [0.25, 0.3) is 0 Å². The molecule has 0 aliphatic carbocycles. The van der Waals surface area contributed by atoms with E-state index in [2.05, 4.69) is 0 Å². The molecule has 0 heterocycles. The molecule has 0 atom stereocenters. The van der Waals surface area contributed by atoms with E-state index in [0.717, 1.165) is 16.8 Å². The summed E-state index contributed by atoms with van der Waals surface area (Å²) in [4.78, 5) is 0. The summed E-state index contributed by atoms with van der Waals surface area (Å²) < 4.78 is 26.7. The predicted molar refractivity (Wildman–Crippen MR) is 83.3 cm³/mol. The largest absolute Gasteiger partial charge is 0.270 e. The monoisotopic (exact) mass is 289 g/mol. The maximum Gasteiger partial charge on any atom is 0.239 e. The van der Waals surface area contributed by atoms with Gasteiger partial charge in [-0.05, 0) is 31.0 Å². The van der Waals surface area contributed by atoms with Crippen molar-refractivity contribution in [2.45, 2.75) is 19.6 Å². The maximum atomic E-state index is 12.6. The lowest BCUT2D eigenvalue weighted by atomic mass is 10.2. The van der Waals surface area contributed by atoms with Gasteiger partial charge in [-0.3, -0.25) is 4.31 Å². The molecular weight excluding hydrogens is 270 g/mol. The molecule has 4 heteroatoms. The highest BCUT2D eigenvalue weighted by Crippen LogP contribution is 2.24. The summed E-state index contributed by atoms with van der Waals surface area (Å²) in [7, 11) is -3.37. The fourth-order valence-electron chi connectivity index (χ4n) is 2.22. The Labute approximate surface area is 120 Å². The van der Waals surface area contributed by atoms with Gasteiger partial charge in [0.1, 0.15) is 0 Å². The lowest BCUT2D eigenvalue weighted by Crippen LogP contribution is -2.32. The van der Waals surface area contributed by atoms with Gasteiger partial charge in [-0.15, -0.1) is 0 Å². The van der Waals surface area contributed by atoms with Gasteiger partial charge in [-0.1, -0.05) is 48.5 Å². The molecule has 0 aromatic heterocycles. The Balaban J connectivity index is 2.34. The Hall–Kier alpha value is -1.81. The first kappa shape index (κ1) is 14.6. The minimum Gasteiger partial charge on any atom is -0.270 e. The predicted octanol–water partition coefficient (Wildman–Crippen LogP) is 3.35. The zero-order valence-corrected chi connectivity index (χ0v) is 12.6. The molecule has 0 aliphatic heterocycles. The fraction of sp³-hybridized carbons (Fsp3) is 0.250. The normalized spacial score (nSPS) is 11.3. The van der Waals surface area contributed by atoms with Crippen LogP contribution in [0.5, 0.6) is 0 Å². The second kappa shape index (κ2) is 6.09.